The number of nitrogens with one attached hydrogen (secondary N) is 1. The summed E-state index contributed by atoms with van der Waals surface area (Å²) < 4.78 is 6.87. The van der Waals surface area contributed by atoms with E-state index >= 15 is 0 Å². The molecule has 0 spiro atoms. The molecule has 1 aromatic carbocycles. The molecule has 200 valence electrons. The van der Waals surface area contributed by atoms with Gasteiger partial charge in [0.05, 0.1) is 0 Å². The number of ether oxygens (including phenoxy) is 1. The number of fused-ring (bicyclic) bond motifs is 1. The molecule has 3 heterocycles. The van der Waals surface area contributed by atoms with E-state index in [0.29, 0.717) is 17.7 Å². The lowest BCUT2D eigenvalue weighted by atomic mass is 10.0. The Morgan fingerprint density at radius 3 is 2.42 bits per heavy atom. The van der Waals surface area contributed by atoms with E-state index in [1.165, 1.54) is 25.6 Å². The highest BCUT2D eigenvalue weighted by atomic mass is 32.2. The second-order valence-electron chi connectivity index (χ2n) is 9.35. The van der Waals surface area contributed by atoms with Gasteiger partial charge in [0.2, 0.25) is 5.91 Å². The van der Waals surface area contributed by atoms with Crippen LogP contribution in [0.4, 0.5) is 0 Å². The van der Waals surface area contributed by atoms with Gasteiger partial charge in [-0.1, -0.05) is 29.8 Å². The Balaban J connectivity index is 1.46. The molecule has 0 unspecified atom stereocenters. The number of carboxylic acid groups (broad SMARTS) is 1. The molecule has 2 amide bonds. The van der Waals surface area contributed by atoms with Gasteiger partial charge in [-0.2, -0.15) is 0 Å². The van der Waals surface area contributed by atoms with Gasteiger partial charge in [-0.25, -0.2) is 4.79 Å². The molecular formula is C27H29N3O7S. The number of thioether (sulfide) groups is 1. The molecule has 38 heavy (non-hydrogen) atoms. The molecule has 1 fully saturated rings. The predicted molar refractivity (Wildman–Crippen MR) is 140 cm³/mol. The van der Waals surface area contributed by atoms with E-state index in [1.807, 2.05) is 48.7 Å². The lowest BCUT2D eigenvalue weighted by Crippen LogP contribution is -2.70. The van der Waals surface area contributed by atoms with E-state index in [1.54, 1.807) is 0 Å². The van der Waals surface area contributed by atoms with Crippen molar-refractivity contribution in [1.29, 1.82) is 0 Å². The number of nitrogens with zero attached hydrogens (tertiary/aromatic N) is 2. The van der Waals surface area contributed by atoms with Crippen LogP contribution in [0.2, 0.25) is 0 Å². The number of aryl methyl sites for hydroxylation is 1. The lowest BCUT2D eigenvalue weighted by Gasteiger charge is -2.49. The van der Waals surface area contributed by atoms with E-state index < -0.39 is 29.3 Å². The second-order valence-corrected chi connectivity index (χ2v) is 10.5. The summed E-state index contributed by atoms with van der Waals surface area (Å²) in [5, 5.41) is 11.9. The number of hydrogen-bond acceptors (Lipinski definition) is 7. The summed E-state index contributed by atoms with van der Waals surface area (Å²) >= 11 is 1.31. The van der Waals surface area contributed by atoms with Crippen LogP contribution < -0.4 is 5.32 Å². The number of hydrogen-bond donors (Lipinski definition) is 2. The molecule has 2 aliphatic heterocycles. The van der Waals surface area contributed by atoms with Crippen LogP contribution >= 0.6 is 11.8 Å². The molecule has 11 heteroatoms. The van der Waals surface area contributed by atoms with Crippen LogP contribution in [0.1, 0.15) is 41.9 Å². The zero-order valence-electron chi connectivity index (χ0n) is 21.6. The number of aliphatic carboxylic acids is 1. The number of benzene rings is 1. The van der Waals surface area contributed by atoms with Gasteiger partial charge in [-0.3, -0.25) is 24.1 Å². The zero-order chi connectivity index (χ0) is 27.7. The van der Waals surface area contributed by atoms with E-state index in [4.69, 9.17) is 4.74 Å². The highest BCUT2D eigenvalue weighted by Gasteiger charge is 2.54. The smallest absolute Gasteiger partial charge is 0.352 e. The number of β-lactam (4-membered cyclic amide) rings is 1. The van der Waals surface area contributed by atoms with Crippen molar-refractivity contribution in [2.75, 3.05) is 12.4 Å². The predicted octanol–water partition coefficient (Wildman–Crippen LogP) is 2.67. The molecule has 2 aliphatic rings. The molecule has 0 radical (unpaired) electrons. The summed E-state index contributed by atoms with van der Waals surface area (Å²) in [5.74, 6) is -2.53. The van der Waals surface area contributed by atoms with Crippen molar-refractivity contribution in [3.8, 4) is 11.3 Å². The Labute approximate surface area is 224 Å². The number of carboxylic acids is 1. The number of carbonyl (C=O) groups is 5. The van der Waals surface area contributed by atoms with Crippen molar-refractivity contribution in [3.05, 3.63) is 58.4 Å². The quantitative estimate of drug-likeness (QED) is 0.282. The first-order valence-electron chi connectivity index (χ1n) is 12.1. The Hall–Kier alpha value is -3.86. The molecule has 0 aliphatic carbocycles. The molecule has 1 aromatic heterocycles. The van der Waals surface area contributed by atoms with Gasteiger partial charge in [0.1, 0.15) is 23.7 Å². The first kappa shape index (κ1) is 27.2. The third-order valence-corrected chi connectivity index (χ3v) is 8.01. The third kappa shape index (κ3) is 5.24. The maximum absolute atomic E-state index is 12.9. The Bertz CT molecular complexity index is 1360. The number of esters is 1. The van der Waals surface area contributed by atoms with Gasteiger partial charge in [-0.15, -0.1) is 11.8 Å². The monoisotopic (exact) mass is 539 g/mol. The fourth-order valence-corrected chi connectivity index (χ4v) is 6.02. The van der Waals surface area contributed by atoms with Crippen LogP contribution in [0.25, 0.3) is 11.3 Å². The van der Waals surface area contributed by atoms with Gasteiger partial charge in [-0.05, 0) is 32.4 Å². The van der Waals surface area contributed by atoms with E-state index in [-0.39, 0.29) is 36.2 Å². The number of aromatic nitrogens is 1. The molecule has 2 aromatic rings. The van der Waals surface area contributed by atoms with Crippen molar-refractivity contribution < 1.29 is 33.8 Å². The Kier molecular flexibility index (Phi) is 7.77. The summed E-state index contributed by atoms with van der Waals surface area (Å²) in [5.41, 5.74) is 4.33. The highest BCUT2D eigenvalue weighted by molar-refractivity contribution is 8.00. The standard InChI is InChI=1S/C27H29N3O7S/c1-14-5-7-18(8-6-14)21-11-20(16(3)31)15(2)29(21)10-9-22(33)28-23-25(34)30-24(27(35)36)19(12-37-17(4)32)13-38-26(23)30/h5-8,11,23,26H,9-10,12-13H2,1-4H3,(H,28,33)(H,35,36)/t23-,26-/m1/s1. The Morgan fingerprint density at radius 2 is 1.82 bits per heavy atom. The summed E-state index contributed by atoms with van der Waals surface area (Å²) in [6.07, 6.45) is 0.0617. The van der Waals surface area contributed by atoms with Crippen molar-refractivity contribution in [2.24, 2.45) is 0 Å². The minimum Gasteiger partial charge on any atom is -0.477 e. The van der Waals surface area contributed by atoms with Gasteiger partial charge < -0.3 is 19.7 Å². The van der Waals surface area contributed by atoms with Crippen molar-refractivity contribution in [2.45, 2.75) is 52.1 Å². The maximum atomic E-state index is 12.9. The molecule has 1 saturated heterocycles. The van der Waals surface area contributed by atoms with E-state index in [9.17, 15) is 29.1 Å². The van der Waals surface area contributed by atoms with Crippen LogP contribution in [0, 0.1) is 13.8 Å². The normalized spacial score (nSPS) is 18.5. The van der Waals surface area contributed by atoms with E-state index in [0.717, 1.165) is 27.4 Å². The van der Waals surface area contributed by atoms with Crippen molar-refractivity contribution >= 4 is 41.3 Å². The lowest BCUT2D eigenvalue weighted by molar-refractivity contribution is -0.151. The summed E-state index contributed by atoms with van der Waals surface area (Å²) in [6.45, 7) is 6.64. The first-order chi connectivity index (χ1) is 18.0. The number of rotatable bonds is 9. The summed E-state index contributed by atoms with van der Waals surface area (Å²) in [6, 6.07) is 8.88. The average molecular weight is 540 g/mol. The fourth-order valence-electron chi connectivity index (χ4n) is 4.70. The largest absolute Gasteiger partial charge is 0.477 e. The molecule has 0 bridgehead atoms. The molecule has 2 atom stereocenters. The molecule has 10 nitrogen and oxygen atoms in total. The van der Waals surface area contributed by atoms with E-state index in [2.05, 4.69) is 5.32 Å². The fraction of sp³-hybridized carbons (Fsp3) is 0.370. The number of ketones is 1. The second kappa shape index (κ2) is 10.9. The van der Waals surface area contributed by atoms with Crippen molar-refractivity contribution in [3.63, 3.8) is 0 Å². The molecule has 2 N–H and O–H groups in total. The summed E-state index contributed by atoms with van der Waals surface area (Å²) in [4.78, 5) is 62.1. The number of carbonyl (C=O) groups excluding carboxylic acids is 4. The SMILES string of the molecule is CC(=O)OCC1=C(C(=O)O)N2C(=O)[C@@H](NC(=O)CCn3c(-c4ccc(C)cc4)cc(C(C)=O)c3C)[C@H]2SC1. The number of Topliss-reactive ketones (excluding diaryl/α,β-unsaturated/α-hetero) is 1. The molecular weight excluding hydrogens is 510 g/mol. The average Bonchev–Trinajstić information content (AvgIpc) is 3.20. The van der Waals surface area contributed by atoms with Crippen LogP contribution in [0.3, 0.4) is 0 Å². The Morgan fingerprint density at radius 1 is 1.13 bits per heavy atom. The highest BCUT2D eigenvalue weighted by Crippen LogP contribution is 2.40. The minimum absolute atomic E-state index is 0.0617. The topological polar surface area (TPSA) is 135 Å². The maximum Gasteiger partial charge on any atom is 0.352 e. The number of amides is 2. The summed E-state index contributed by atoms with van der Waals surface area (Å²) in [7, 11) is 0. The van der Waals surface area contributed by atoms with Crippen LogP contribution in [0.5, 0.6) is 0 Å². The minimum atomic E-state index is -1.29. The van der Waals surface area contributed by atoms with Crippen LogP contribution in [-0.2, 0) is 30.5 Å². The van der Waals surface area contributed by atoms with Crippen molar-refractivity contribution in [1.82, 2.24) is 14.8 Å². The van der Waals surface area contributed by atoms with Gasteiger partial charge >= 0.3 is 11.9 Å². The molecule has 0 saturated carbocycles. The zero-order valence-corrected chi connectivity index (χ0v) is 22.4. The van der Waals surface area contributed by atoms with Gasteiger partial charge in [0.25, 0.3) is 5.91 Å². The van der Waals surface area contributed by atoms with Gasteiger partial charge in [0, 0.05) is 48.2 Å². The van der Waals surface area contributed by atoms with Gasteiger partial charge in [0.15, 0.2) is 5.78 Å². The third-order valence-electron chi connectivity index (χ3n) is 6.67. The molecule has 4 rings (SSSR count). The first-order valence-corrected chi connectivity index (χ1v) is 13.1. The van der Waals surface area contributed by atoms with Crippen LogP contribution in [0.15, 0.2) is 41.6 Å². The van der Waals surface area contributed by atoms with Crippen LogP contribution in [-0.4, -0.2) is 67.9 Å².